The maximum atomic E-state index is 12.3. The van der Waals surface area contributed by atoms with Crippen molar-refractivity contribution in [3.8, 4) is 0 Å². The van der Waals surface area contributed by atoms with Crippen LogP contribution in [0, 0.1) is 19.8 Å². The number of ether oxygens (including phenoxy) is 1. The molecule has 2 aromatic rings. The van der Waals surface area contributed by atoms with Crippen molar-refractivity contribution in [1.82, 2.24) is 0 Å². The minimum absolute atomic E-state index is 0.272. The number of carbonyl (C=O) groups is 2. The van der Waals surface area contributed by atoms with Gasteiger partial charge in [0.2, 0.25) is 0 Å². The number of aryl methyl sites for hydroxylation is 3. The third-order valence-electron chi connectivity index (χ3n) is 5.09. The molecule has 0 fully saturated rings. The highest BCUT2D eigenvalue weighted by Crippen LogP contribution is 2.33. The third kappa shape index (κ3) is 4.33. The van der Waals surface area contributed by atoms with E-state index in [1.54, 1.807) is 0 Å². The van der Waals surface area contributed by atoms with Crippen LogP contribution in [0.1, 0.15) is 51.0 Å². The Morgan fingerprint density at radius 3 is 2.77 bits per heavy atom. The molecule has 0 radical (unpaired) electrons. The molecule has 1 amide bonds. The van der Waals surface area contributed by atoms with E-state index in [0.717, 1.165) is 18.4 Å². The van der Waals surface area contributed by atoms with Crippen LogP contribution in [-0.2, 0) is 22.4 Å². The first-order valence-corrected chi connectivity index (χ1v) is 9.93. The number of nitrogens with one attached hydrogen (secondary N) is 1. The average Bonchev–Trinajstić information content (AvgIpc) is 3.06. The summed E-state index contributed by atoms with van der Waals surface area (Å²) in [6.07, 6.45) is 4.45. The van der Waals surface area contributed by atoms with Gasteiger partial charge in [-0.3, -0.25) is 4.79 Å². The van der Waals surface area contributed by atoms with Crippen LogP contribution in [0.3, 0.4) is 0 Å². The summed E-state index contributed by atoms with van der Waals surface area (Å²) in [6, 6.07) is 7.66. The van der Waals surface area contributed by atoms with Crippen LogP contribution in [0.5, 0.6) is 0 Å². The second kappa shape index (κ2) is 8.04. The molecule has 26 heavy (non-hydrogen) atoms. The van der Waals surface area contributed by atoms with Gasteiger partial charge in [0.25, 0.3) is 5.91 Å². The number of anilines is 1. The Labute approximate surface area is 158 Å². The van der Waals surface area contributed by atoms with Crippen molar-refractivity contribution >= 4 is 28.9 Å². The minimum Gasteiger partial charge on any atom is -0.451 e. The number of fused-ring (bicyclic) bond motifs is 1. The first kappa shape index (κ1) is 18.6. The summed E-state index contributed by atoms with van der Waals surface area (Å²) in [5, 5.41) is 2.77. The van der Waals surface area contributed by atoms with E-state index in [9.17, 15) is 9.59 Å². The van der Waals surface area contributed by atoms with Crippen molar-refractivity contribution in [2.75, 3.05) is 11.9 Å². The molecule has 0 spiro atoms. The first-order valence-electron chi connectivity index (χ1n) is 9.12. The zero-order valence-electron chi connectivity index (χ0n) is 15.6. The van der Waals surface area contributed by atoms with Gasteiger partial charge in [-0.2, -0.15) is 0 Å². The van der Waals surface area contributed by atoms with Gasteiger partial charge in [0, 0.05) is 10.6 Å². The van der Waals surface area contributed by atoms with Gasteiger partial charge < -0.3 is 10.1 Å². The first-order chi connectivity index (χ1) is 12.5. The molecule has 1 aromatic carbocycles. The quantitative estimate of drug-likeness (QED) is 0.777. The van der Waals surface area contributed by atoms with Gasteiger partial charge >= 0.3 is 5.97 Å². The Bertz CT molecular complexity index is 825. The molecule has 1 atom stereocenters. The zero-order valence-corrected chi connectivity index (χ0v) is 16.4. The molecule has 0 bridgehead atoms. The van der Waals surface area contributed by atoms with Crippen LogP contribution in [0.2, 0.25) is 0 Å². The zero-order chi connectivity index (χ0) is 18.7. The van der Waals surface area contributed by atoms with Crippen molar-refractivity contribution in [3.05, 3.63) is 50.7 Å². The van der Waals surface area contributed by atoms with E-state index in [1.165, 1.54) is 40.2 Å². The van der Waals surface area contributed by atoms with Gasteiger partial charge in [0.15, 0.2) is 6.61 Å². The standard InChI is InChI=1S/C21H25NO3S/c1-4-15-6-8-18-16(10-15)11-19(26-18)21(24)25-12-20(23)22-17-7-5-13(2)14(3)9-17/h5,7,9,11,15H,4,6,8,10,12H2,1-3H3,(H,22,23)/t15-/m1/s1. The fourth-order valence-electron chi connectivity index (χ4n) is 3.27. The predicted molar refractivity (Wildman–Crippen MR) is 105 cm³/mol. The van der Waals surface area contributed by atoms with Crippen LogP contribution >= 0.6 is 11.3 Å². The maximum absolute atomic E-state index is 12.3. The molecule has 5 heteroatoms. The SMILES string of the molecule is CC[C@@H]1CCc2sc(C(=O)OCC(=O)Nc3ccc(C)c(C)c3)cc2C1. The van der Waals surface area contributed by atoms with Gasteiger partial charge in [-0.1, -0.05) is 19.4 Å². The van der Waals surface area contributed by atoms with Crippen molar-refractivity contribution in [2.24, 2.45) is 5.92 Å². The third-order valence-corrected chi connectivity index (χ3v) is 6.31. The van der Waals surface area contributed by atoms with Crippen molar-refractivity contribution in [2.45, 2.75) is 46.5 Å². The molecule has 1 aliphatic rings. The summed E-state index contributed by atoms with van der Waals surface area (Å²) in [6.45, 7) is 5.95. The normalized spacial score (nSPS) is 16.0. The van der Waals surface area contributed by atoms with Gasteiger partial charge in [0.05, 0.1) is 0 Å². The highest BCUT2D eigenvalue weighted by atomic mass is 32.1. The summed E-state index contributed by atoms with van der Waals surface area (Å²) in [7, 11) is 0. The minimum atomic E-state index is -0.410. The molecule has 1 N–H and O–H groups in total. The number of esters is 1. The van der Waals surface area contributed by atoms with E-state index in [-0.39, 0.29) is 12.5 Å². The highest BCUT2D eigenvalue weighted by molar-refractivity contribution is 7.14. The number of hydrogen-bond donors (Lipinski definition) is 1. The van der Waals surface area contributed by atoms with E-state index in [4.69, 9.17) is 4.74 Å². The Morgan fingerprint density at radius 2 is 2.04 bits per heavy atom. The molecular formula is C21H25NO3S. The second-order valence-corrected chi connectivity index (χ2v) is 8.14. The van der Waals surface area contributed by atoms with Crippen LogP contribution in [0.4, 0.5) is 5.69 Å². The second-order valence-electron chi connectivity index (χ2n) is 7.00. The molecule has 0 unspecified atom stereocenters. The Balaban J connectivity index is 1.54. The van der Waals surface area contributed by atoms with Gasteiger partial charge in [0.1, 0.15) is 4.88 Å². The van der Waals surface area contributed by atoms with Crippen LogP contribution in [0.15, 0.2) is 24.3 Å². The largest absolute Gasteiger partial charge is 0.451 e. The maximum Gasteiger partial charge on any atom is 0.348 e. The van der Waals surface area contributed by atoms with Crippen molar-refractivity contribution in [3.63, 3.8) is 0 Å². The van der Waals surface area contributed by atoms with Crippen LogP contribution in [0.25, 0.3) is 0 Å². The average molecular weight is 372 g/mol. The molecule has 0 saturated carbocycles. The smallest absolute Gasteiger partial charge is 0.348 e. The lowest BCUT2D eigenvalue weighted by Crippen LogP contribution is -2.20. The van der Waals surface area contributed by atoms with E-state index >= 15 is 0 Å². The fourth-order valence-corrected chi connectivity index (χ4v) is 4.37. The monoisotopic (exact) mass is 371 g/mol. The summed E-state index contributed by atoms with van der Waals surface area (Å²) in [4.78, 5) is 26.2. The molecule has 1 heterocycles. The predicted octanol–water partition coefficient (Wildman–Crippen LogP) is 4.68. The topological polar surface area (TPSA) is 55.4 Å². The summed E-state index contributed by atoms with van der Waals surface area (Å²) in [5.74, 6) is -0.0219. The molecule has 0 aliphatic heterocycles. The molecule has 1 aromatic heterocycles. The van der Waals surface area contributed by atoms with Crippen LogP contribution in [-0.4, -0.2) is 18.5 Å². The lowest BCUT2D eigenvalue weighted by Gasteiger charge is -2.19. The lowest BCUT2D eigenvalue weighted by atomic mass is 9.87. The van der Waals surface area contributed by atoms with E-state index in [0.29, 0.717) is 16.5 Å². The number of hydrogen-bond acceptors (Lipinski definition) is 4. The van der Waals surface area contributed by atoms with E-state index in [2.05, 4.69) is 12.2 Å². The molecule has 4 nitrogen and oxygen atoms in total. The Hall–Kier alpha value is -2.14. The van der Waals surface area contributed by atoms with Crippen molar-refractivity contribution < 1.29 is 14.3 Å². The van der Waals surface area contributed by atoms with Gasteiger partial charge in [-0.05, 0) is 73.9 Å². The molecule has 0 saturated heterocycles. The fraction of sp³-hybridized carbons (Fsp3) is 0.429. The number of thiophene rings is 1. The van der Waals surface area contributed by atoms with E-state index in [1.807, 2.05) is 38.1 Å². The number of carbonyl (C=O) groups excluding carboxylic acids is 2. The van der Waals surface area contributed by atoms with Gasteiger partial charge in [-0.15, -0.1) is 11.3 Å². The number of rotatable bonds is 5. The molecule has 3 rings (SSSR count). The van der Waals surface area contributed by atoms with Gasteiger partial charge in [-0.25, -0.2) is 4.79 Å². The Morgan fingerprint density at radius 1 is 1.23 bits per heavy atom. The number of benzene rings is 1. The van der Waals surface area contributed by atoms with Crippen LogP contribution < -0.4 is 5.32 Å². The summed E-state index contributed by atoms with van der Waals surface area (Å²) >= 11 is 1.51. The summed E-state index contributed by atoms with van der Waals surface area (Å²) < 4.78 is 5.21. The lowest BCUT2D eigenvalue weighted by molar-refractivity contribution is -0.119. The molecular weight excluding hydrogens is 346 g/mol. The summed E-state index contributed by atoms with van der Waals surface area (Å²) in [5.41, 5.74) is 4.27. The molecule has 1 aliphatic carbocycles. The Kier molecular flexibility index (Phi) is 5.77. The van der Waals surface area contributed by atoms with Crippen molar-refractivity contribution in [1.29, 1.82) is 0 Å². The highest BCUT2D eigenvalue weighted by Gasteiger charge is 2.23. The van der Waals surface area contributed by atoms with E-state index < -0.39 is 5.97 Å². The molecule has 138 valence electrons. The number of amides is 1.